The van der Waals surface area contributed by atoms with Gasteiger partial charge in [0.1, 0.15) is 0 Å². The molecule has 0 aliphatic carbocycles. The van der Waals surface area contributed by atoms with E-state index in [1.165, 1.54) is 0 Å². The summed E-state index contributed by atoms with van der Waals surface area (Å²) in [7, 11) is 0. The van der Waals surface area contributed by atoms with Crippen LogP contribution in [0.4, 0.5) is 0 Å². The molecule has 0 aromatic carbocycles. The molecular formula is CrCuO2. The van der Waals surface area contributed by atoms with E-state index in [2.05, 4.69) is 0 Å². The third kappa shape index (κ3) is 12.2. The van der Waals surface area contributed by atoms with E-state index < -0.39 is 0 Å². The predicted molar refractivity (Wildman–Crippen MR) is 1.37 cm³/mol. The Morgan fingerprint density at radius 3 is 0.750 bits per heavy atom. The van der Waals surface area contributed by atoms with Crippen molar-refractivity contribution in [2.75, 3.05) is 0 Å². The molecule has 0 aromatic rings. The summed E-state index contributed by atoms with van der Waals surface area (Å²) in [4.78, 5) is 0. The number of hydrogen-bond acceptors (Lipinski definition) is 0. The molecule has 0 aliphatic rings. The summed E-state index contributed by atoms with van der Waals surface area (Å²) >= 11 is 0. The molecule has 4 heteroatoms. The van der Waals surface area contributed by atoms with E-state index in [1.54, 1.807) is 0 Å². The van der Waals surface area contributed by atoms with E-state index in [9.17, 15) is 0 Å². The largest absolute Gasteiger partial charge is 2.00 e. The summed E-state index contributed by atoms with van der Waals surface area (Å²) in [6.07, 6.45) is 0. The number of hydrogen-bond donors (Lipinski definition) is 0. The van der Waals surface area contributed by atoms with Crippen molar-refractivity contribution < 1.29 is 45.4 Å². The van der Waals surface area contributed by atoms with Gasteiger partial charge in [0.05, 0.1) is 0 Å². The fourth-order valence-electron chi connectivity index (χ4n) is 0. The summed E-state index contributed by atoms with van der Waals surface area (Å²) in [5.41, 5.74) is 0. The van der Waals surface area contributed by atoms with Crippen LogP contribution in [-0.2, 0) is 45.4 Å². The summed E-state index contributed by atoms with van der Waals surface area (Å²) in [5.74, 6) is 0. The first-order valence-electron chi connectivity index (χ1n) is 0. The van der Waals surface area contributed by atoms with E-state index in [0.717, 1.165) is 0 Å². The molecule has 0 saturated heterocycles. The van der Waals surface area contributed by atoms with Crippen LogP contribution in [0.2, 0.25) is 0 Å². The van der Waals surface area contributed by atoms with Crippen LogP contribution in [0.1, 0.15) is 0 Å². The van der Waals surface area contributed by atoms with Crippen molar-refractivity contribution in [1.29, 1.82) is 0 Å². The van der Waals surface area contributed by atoms with Crippen LogP contribution in [0.3, 0.4) is 0 Å². The average molecular weight is 148 g/mol. The molecule has 0 fully saturated rings. The SMILES string of the molecule is [Cr+2].[Cu+2].[O-2].[O-2]. The van der Waals surface area contributed by atoms with E-state index >= 15 is 0 Å². The van der Waals surface area contributed by atoms with Crippen molar-refractivity contribution in [3.05, 3.63) is 0 Å². The van der Waals surface area contributed by atoms with E-state index in [1.807, 2.05) is 0 Å². The van der Waals surface area contributed by atoms with Gasteiger partial charge in [0.2, 0.25) is 0 Å². The first-order valence-corrected chi connectivity index (χ1v) is 0. The molecule has 0 unspecified atom stereocenters. The summed E-state index contributed by atoms with van der Waals surface area (Å²) < 4.78 is 0. The molecule has 0 amide bonds. The molecular weight excluding hydrogens is 148 g/mol. The van der Waals surface area contributed by atoms with Crippen molar-refractivity contribution in [1.82, 2.24) is 0 Å². The van der Waals surface area contributed by atoms with Crippen LogP contribution in [0, 0.1) is 0 Å². The van der Waals surface area contributed by atoms with Gasteiger partial charge < -0.3 is 11.0 Å². The fourth-order valence-corrected chi connectivity index (χ4v) is 0. The fraction of sp³-hybridized carbons (Fsp3) is 0. The molecule has 0 spiro atoms. The van der Waals surface area contributed by atoms with E-state index in [-0.39, 0.29) is 45.4 Å². The molecule has 1 radical (unpaired) electrons. The van der Waals surface area contributed by atoms with Gasteiger partial charge in [-0.15, -0.1) is 0 Å². The third-order valence-corrected chi connectivity index (χ3v) is 0. The summed E-state index contributed by atoms with van der Waals surface area (Å²) in [6, 6.07) is 0. The van der Waals surface area contributed by atoms with Crippen LogP contribution < -0.4 is 0 Å². The maximum absolute atomic E-state index is 0. The van der Waals surface area contributed by atoms with E-state index in [4.69, 9.17) is 0 Å². The van der Waals surface area contributed by atoms with Gasteiger partial charge in [-0.3, -0.25) is 0 Å². The van der Waals surface area contributed by atoms with Crippen LogP contribution in [0.25, 0.3) is 0 Å². The number of rotatable bonds is 0. The maximum atomic E-state index is 0. The molecule has 0 saturated carbocycles. The Morgan fingerprint density at radius 1 is 0.750 bits per heavy atom. The van der Waals surface area contributed by atoms with Gasteiger partial charge in [0, 0.05) is 0 Å². The quantitative estimate of drug-likeness (QED) is 0.425. The minimum absolute atomic E-state index is 0. The van der Waals surface area contributed by atoms with Crippen molar-refractivity contribution >= 4 is 0 Å². The Kier molecular flexibility index (Phi) is 771. The summed E-state index contributed by atoms with van der Waals surface area (Å²) in [6.45, 7) is 0. The van der Waals surface area contributed by atoms with Crippen molar-refractivity contribution in [3.63, 3.8) is 0 Å². The molecule has 4 heavy (non-hydrogen) atoms. The second kappa shape index (κ2) is 37.1. The second-order valence-electron chi connectivity index (χ2n) is 0. The van der Waals surface area contributed by atoms with Crippen molar-refractivity contribution in [2.45, 2.75) is 0 Å². The zero-order valence-corrected chi connectivity index (χ0v) is 3.74. The average Bonchev–Trinajstić information content (AvgIpc) is 0. The molecule has 2 nitrogen and oxygen atoms in total. The minimum atomic E-state index is 0. The van der Waals surface area contributed by atoms with Crippen LogP contribution in [0.5, 0.6) is 0 Å². The topological polar surface area (TPSA) is 57.0 Å². The van der Waals surface area contributed by atoms with Gasteiger partial charge >= 0.3 is 34.4 Å². The van der Waals surface area contributed by atoms with Gasteiger partial charge in [-0.25, -0.2) is 0 Å². The van der Waals surface area contributed by atoms with Crippen LogP contribution in [0.15, 0.2) is 0 Å². The smallest absolute Gasteiger partial charge is 2.00 e. The molecule has 0 aromatic heterocycles. The molecule has 0 atom stereocenters. The van der Waals surface area contributed by atoms with Crippen LogP contribution >= 0.6 is 0 Å². The first-order chi connectivity index (χ1) is 0. The summed E-state index contributed by atoms with van der Waals surface area (Å²) in [5, 5.41) is 0. The molecule has 0 bridgehead atoms. The Bertz CT molecular complexity index is 6.00. The van der Waals surface area contributed by atoms with Gasteiger partial charge in [-0.05, 0) is 0 Å². The van der Waals surface area contributed by atoms with Crippen molar-refractivity contribution in [2.24, 2.45) is 0 Å². The third-order valence-electron chi connectivity index (χ3n) is 0. The van der Waals surface area contributed by atoms with Gasteiger partial charge in [0.15, 0.2) is 0 Å². The monoisotopic (exact) mass is 147 g/mol. The molecule has 0 aliphatic heterocycles. The van der Waals surface area contributed by atoms with Crippen molar-refractivity contribution in [3.8, 4) is 0 Å². The van der Waals surface area contributed by atoms with Crippen LogP contribution in [-0.4, -0.2) is 0 Å². The van der Waals surface area contributed by atoms with Gasteiger partial charge in [-0.2, -0.15) is 0 Å². The molecule has 0 heterocycles. The van der Waals surface area contributed by atoms with E-state index in [0.29, 0.717) is 0 Å². The Hall–Kier alpha value is 0.972. The predicted octanol–water partition coefficient (Wildman–Crippen LogP) is -0.243. The molecule has 29 valence electrons. The van der Waals surface area contributed by atoms with Gasteiger partial charge in [0.25, 0.3) is 0 Å². The first kappa shape index (κ1) is 83.0. The Morgan fingerprint density at radius 2 is 0.750 bits per heavy atom. The normalized spacial score (nSPS) is 0. The standard InChI is InChI=1S/Cr.Cu.2O/q2*+2;2*-2. The Balaban J connectivity index is 0. The molecule has 0 rings (SSSR count). The zero-order chi connectivity index (χ0) is 0. The second-order valence-corrected chi connectivity index (χ2v) is 0. The van der Waals surface area contributed by atoms with Gasteiger partial charge in [-0.1, -0.05) is 0 Å². The maximum Gasteiger partial charge on any atom is 2.00 e. The Labute approximate surface area is 45.8 Å². The minimum Gasteiger partial charge on any atom is -2.00 e. The zero-order valence-electron chi connectivity index (χ0n) is 1.53. The molecule has 0 N–H and O–H groups in total.